The molecule has 1 aliphatic heterocycles. The number of H-pyrrole nitrogens is 2. The third-order valence-corrected chi connectivity index (χ3v) is 6.16. The van der Waals surface area contributed by atoms with E-state index in [0.717, 1.165) is 13.0 Å². The third-order valence-electron chi connectivity index (χ3n) is 6.16. The lowest BCUT2D eigenvalue weighted by atomic mass is 10.0. The summed E-state index contributed by atoms with van der Waals surface area (Å²) in [6, 6.07) is -3.61. The zero-order chi connectivity index (χ0) is 26.6. The van der Waals surface area contributed by atoms with Gasteiger partial charge in [0.05, 0.1) is 18.7 Å². The first kappa shape index (κ1) is 27.8. The van der Waals surface area contributed by atoms with Crippen LogP contribution in [0.15, 0.2) is 25.0 Å². The second-order valence-corrected chi connectivity index (χ2v) is 9.02. The van der Waals surface area contributed by atoms with Gasteiger partial charge in [0.1, 0.15) is 18.1 Å². The highest BCUT2D eigenvalue weighted by Crippen LogP contribution is 2.09. The number of hydrogen-bond donors (Lipinski definition) is 8. The summed E-state index contributed by atoms with van der Waals surface area (Å²) in [5.74, 6) is -2.72. The van der Waals surface area contributed by atoms with Crippen LogP contribution in [0.4, 0.5) is 0 Å². The number of hydrogen-bond acceptors (Lipinski definition) is 8. The first-order valence-corrected chi connectivity index (χ1v) is 12.4. The number of aliphatic carboxylic acids is 1. The quantitative estimate of drug-likeness (QED) is 0.126. The molecule has 0 aliphatic carbocycles. The number of carbonyl (C=O) groups excluding carboxylic acids is 3. The van der Waals surface area contributed by atoms with Crippen LogP contribution in [-0.4, -0.2) is 86.0 Å². The van der Waals surface area contributed by atoms with Crippen LogP contribution in [0.25, 0.3) is 0 Å². The van der Waals surface area contributed by atoms with Crippen molar-refractivity contribution < 1.29 is 24.3 Å². The van der Waals surface area contributed by atoms with Gasteiger partial charge in [0.15, 0.2) is 0 Å². The Bertz CT molecular complexity index is 1010. The van der Waals surface area contributed by atoms with Gasteiger partial charge in [-0.3, -0.25) is 14.4 Å². The number of nitrogens with zero attached hydrogens (tertiary/aromatic N) is 2. The minimum Gasteiger partial charge on any atom is -0.480 e. The number of aromatic amines is 2. The number of carboxylic acid groups (broad SMARTS) is 1. The molecule has 3 amide bonds. The highest BCUT2D eigenvalue weighted by molar-refractivity contribution is 5.94. The van der Waals surface area contributed by atoms with Crippen molar-refractivity contribution in [1.29, 1.82) is 0 Å². The highest BCUT2D eigenvalue weighted by Gasteiger charge is 2.32. The van der Waals surface area contributed by atoms with Crippen molar-refractivity contribution >= 4 is 23.7 Å². The Morgan fingerprint density at radius 3 is 2.11 bits per heavy atom. The molecule has 4 atom stereocenters. The summed E-state index contributed by atoms with van der Waals surface area (Å²) in [6.07, 6.45) is 9.04. The van der Waals surface area contributed by atoms with Crippen molar-refractivity contribution in [2.24, 2.45) is 5.73 Å². The van der Waals surface area contributed by atoms with E-state index in [0.29, 0.717) is 43.6 Å². The molecule has 0 radical (unpaired) electrons. The van der Waals surface area contributed by atoms with Crippen molar-refractivity contribution in [3.05, 3.63) is 36.4 Å². The second-order valence-electron chi connectivity index (χ2n) is 9.02. The van der Waals surface area contributed by atoms with Crippen LogP contribution < -0.4 is 27.0 Å². The van der Waals surface area contributed by atoms with E-state index >= 15 is 0 Å². The first-order chi connectivity index (χ1) is 17.9. The molecule has 0 bridgehead atoms. The SMILES string of the molecule is NCCCCC(NC(=O)C1CCCN1)C(=O)NC(Cc1cnc[nH]1)C(=O)NC(Cc1cnc[nH]1)C(=O)O. The summed E-state index contributed by atoms with van der Waals surface area (Å²) in [6.45, 7) is 1.18. The normalized spacial score (nSPS) is 17.5. The molecule has 0 aromatic carbocycles. The molecular formula is C23H35N9O5. The minimum atomic E-state index is -1.25. The molecule has 3 rings (SSSR count). The van der Waals surface area contributed by atoms with E-state index in [4.69, 9.17) is 5.73 Å². The van der Waals surface area contributed by atoms with Gasteiger partial charge >= 0.3 is 5.97 Å². The van der Waals surface area contributed by atoms with Crippen LogP contribution in [0.2, 0.25) is 0 Å². The highest BCUT2D eigenvalue weighted by atomic mass is 16.4. The molecule has 37 heavy (non-hydrogen) atoms. The molecule has 9 N–H and O–H groups in total. The smallest absolute Gasteiger partial charge is 0.326 e. The number of nitrogens with one attached hydrogen (secondary N) is 6. The molecule has 202 valence electrons. The van der Waals surface area contributed by atoms with Gasteiger partial charge in [-0.1, -0.05) is 0 Å². The van der Waals surface area contributed by atoms with E-state index in [1.54, 1.807) is 0 Å². The number of amides is 3. The van der Waals surface area contributed by atoms with E-state index in [1.807, 2.05) is 0 Å². The second kappa shape index (κ2) is 14.1. The molecule has 2 aromatic heterocycles. The number of unbranched alkanes of at least 4 members (excludes halogenated alkanes) is 1. The van der Waals surface area contributed by atoms with Gasteiger partial charge in [-0.25, -0.2) is 14.8 Å². The molecule has 1 saturated heterocycles. The third kappa shape index (κ3) is 8.68. The molecule has 1 aliphatic rings. The average Bonchev–Trinajstić information content (AvgIpc) is 3.66. The zero-order valence-electron chi connectivity index (χ0n) is 20.5. The van der Waals surface area contributed by atoms with Crippen LogP contribution in [0, 0.1) is 0 Å². The van der Waals surface area contributed by atoms with E-state index in [1.165, 1.54) is 25.0 Å². The predicted octanol–water partition coefficient (Wildman–Crippen LogP) is -1.66. The largest absolute Gasteiger partial charge is 0.480 e. The van der Waals surface area contributed by atoms with Gasteiger partial charge in [-0.05, 0) is 45.2 Å². The number of nitrogens with two attached hydrogens (primary N) is 1. The molecule has 3 heterocycles. The number of carboxylic acids is 1. The Labute approximate surface area is 214 Å². The fourth-order valence-corrected chi connectivity index (χ4v) is 4.13. The summed E-state index contributed by atoms with van der Waals surface area (Å²) in [5.41, 5.74) is 6.69. The van der Waals surface area contributed by atoms with Crippen LogP contribution in [0.1, 0.15) is 43.5 Å². The van der Waals surface area contributed by atoms with Gasteiger partial charge in [0.25, 0.3) is 0 Å². The molecule has 0 spiro atoms. The molecule has 2 aromatic rings. The fraction of sp³-hybridized carbons (Fsp3) is 0.565. The van der Waals surface area contributed by atoms with Gasteiger partial charge in [0.2, 0.25) is 17.7 Å². The summed E-state index contributed by atoms with van der Waals surface area (Å²) < 4.78 is 0. The van der Waals surface area contributed by atoms with Crippen molar-refractivity contribution in [1.82, 2.24) is 41.2 Å². The number of rotatable bonds is 15. The number of carbonyl (C=O) groups is 4. The molecule has 0 saturated carbocycles. The summed E-state index contributed by atoms with van der Waals surface area (Å²) in [5, 5.41) is 20.7. The van der Waals surface area contributed by atoms with Gasteiger partial charge in [0, 0.05) is 36.6 Å². The lowest BCUT2D eigenvalue weighted by Gasteiger charge is -2.25. The maximum atomic E-state index is 13.3. The first-order valence-electron chi connectivity index (χ1n) is 12.4. The summed E-state index contributed by atoms with van der Waals surface area (Å²) >= 11 is 0. The van der Waals surface area contributed by atoms with Gasteiger partial charge in [-0.2, -0.15) is 0 Å². The molecule has 1 fully saturated rings. The molecule has 14 nitrogen and oxygen atoms in total. The average molecular weight is 518 g/mol. The van der Waals surface area contributed by atoms with E-state index in [2.05, 4.69) is 41.2 Å². The maximum absolute atomic E-state index is 13.3. The lowest BCUT2D eigenvalue weighted by molar-refractivity contribution is -0.142. The van der Waals surface area contributed by atoms with Gasteiger partial charge in [-0.15, -0.1) is 0 Å². The Balaban J connectivity index is 1.72. The number of imidazole rings is 2. The predicted molar refractivity (Wildman–Crippen MR) is 132 cm³/mol. The topological polar surface area (TPSA) is 220 Å². The van der Waals surface area contributed by atoms with Crippen molar-refractivity contribution in [3.8, 4) is 0 Å². The van der Waals surface area contributed by atoms with E-state index in [9.17, 15) is 24.3 Å². The summed E-state index contributed by atoms with van der Waals surface area (Å²) in [7, 11) is 0. The zero-order valence-corrected chi connectivity index (χ0v) is 20.5. The summed E-state index contributed by atoms with van der Waals surface area (Å²) in [4.78, 5) is 64.5. The Morgan fingerprint density at radius 2 is 1.57 bits per heavy atom. The number of aromatic nitrogens is 4. The molecular weight excluding hydrogens is 482 g/mol. The fourth-order valence-electron chi connectivity index (χ4n) is 4.13. The van der Waals surface area contributed by atoms with Crippen LogP contribution >= 0.6 is 0 Å². The van der Waals surface area contributed by atoms with Crippen LogP contribution in [-0.2, 0) is 32.0 Å². The lowest BCUT2D eigenvalue weighted by Crippen LogP contribution is -2.57. The van der Waals surface area contributed by atoms with Crippen LogP contribution in [0.5, 0.6) is 0 Å². The van der Waals surface area contributed by atoms with Gasteiger partial charge < -0.3 is 42.1 Å². The maximum Gasteiger partial charge on any atom is 0.326 e. The van der Waals surface area contributed by atoms with Crippen molar-refractivity contribution in [2.45, 2.75) is 69.1 Å². The Kier molecular flexibility index (Phi) is 10.6. The van der Waals surface area contributed by atoms with Crippen molar-refractivity contribution in [2.75, 3.05) is 13.1 Å². The Hall–Kier alpha value is -3.78. The van der Waals surface area contributed by atoms with E-state index in [-0.39, 0.29) is 24.8 Å². The van der Waals surface area contributed by atoms with Crippen LogP contribution in [0.3, 0.4) is 0 Å². The minimum absolute atomic E-state index is 0.0159. The van der Waals surface area contributed by atoms with E-state index < -0.39 is 35.9 Å². The standard InChI is InChI=1S/C23H35N9O5/c24-6-2-1-4-17(30-20(33)16-5-3-7-27-16)21(34)31-18(8-14-10-25-12-28-14)22(35)32-19(23(36)37)9-15-11-26-13-29-15/h10-13,16-19,27H,1-9,24H2,(H,25,28)(H,26,29)(H,30,33)(H,31,34)(H,32,35)(H,36,37). The molecule has 4 unspecified atom stereocenters. The van der Waals surface area contributed by atoms with Crippen molar-refractivity contribution in [3.63, 3.8) is 0 Å². The Morgan fingerprint density at radius 1 is 0.946 bits per heavy atom. The monoisotopic (exact) mass is 517 g/mol. The molecule has 14 heteroatoms.